The van der Waals surface area contributed by atoms with Crippen LogP contribution in [0.2, 0.25) is 0 Å². The summed E-state index contributed by atoms with van der Waals surface area (Å²) in [6, 6.07) is 0. The van der Waals surface area contributed by atoms with Crippen molar-refractivity contribution in [2.75, 3.05) is 5.73 Å². The van der Waals surface area contributed by atoms with Crippen molar-refractivity contribution in [1.82, 2.24) is 9.55 Å². The van der Waals surface area contributed by atoms with Gasteiger partial charge >= 0.3 is 0 Å². The Labute approximate surface area is 85.3 Å². The lowest BCUT2D eigenvalue weighted by Gasteiger charge is -2.22. The molecule has 3 heteroatoms. The van der Waals surface area contributed by atoms with E-state index in [1.165, 1.54) is 12.1 Å². The third-order valence-corrected chi connectivity index (χ3v) is 3.04. The van der Waals surface area contributed by atoms with Gasteiger partial charge in [-0.25, -0.2) is 4.98 Å². The van der Waals surface area contributed by atoms with Crippen LogP contribution in [-0.2, 0) is 13.0 Å². The minimum atomic E-state index is 0.472. The first-order chi connectivity index (χ1) is 6.59. The molecule has 2 N–H and O–H groups in total. The van der Waals surface area contributed by atoms with E-state index in [2.05, 4.69) is 30.3 Å². The van der Waals surface area contributed by atoms with Crippen LogP contribution in [-0.4, -0.2) is 9.55 Å². The molecule has 1 aromatic heterocycles. The van der Waals surface area contributed by atoms with Crippen LogP contribution in [0.1, 0.15) is 44.6 Å². The second-order valence-corrected chi connectivity index (χ2v) is 4.71. The largest absolute Gasteiger partial charge is 0.382 e. The molecule has 0 radical (unpaired) electrons. The van der Waals surface area contributed by atoms with Crippen LogP contribution >= 0.6 is 0 Å². The number of nitrogens with two attached hydrogens (primary N) is 1. The molecule has 1 aromatic rings. The highest BCUT2D eigenvalue weighted by molar-refractivity contribution is 5.39. The third kappa shape index (κ3) is 1.41. The van der Waals surface area contributed by atoms with Gasteiger partial charge in [0, 0.05) is 12.5 Å². The molecule has 0 fully saturated rings. The maximum absolute atomic E-state index is 5.93. The van der Waals surface area contributed by atoms with E-state index in [9.17, 15) is 0 Å². The molecule has 0 aromatic carbocycles. The maximum atomic E-state index is 5.93. The molecule has 14 heavy (non-hydrogen) atoms. The highest BCUT2D eigenvalue weighted by Crippen LogP contribution is 2.28. The van der Waals surface area contributed by atoms with Gasteiger partial charge in [0.25, 0.3) is 0 Å². The molecule has 1 aliphatic heterocycles. The number of fused-ring (bicyclic) bond motifs is 1. The molecule has 0 aliphatic carbocycles. The Balaban J connectivity index is 2.44. The first kappa shape index (κ1) is 9.56. The number of aromatic nitrogens is 2. The van der Waals surface area contributed by atoms with Gasteiger partial charge in [-0.05, 0) is 18.8 Å². The Kier molecular flexibility index (Phi) is 2.25. The number of hydrogen-bond donors (Lipinski definition) is 1. The minimum Gasteiger partial charge on any atom is -0.382 e. The van der Waals surface area contributed by atoms with Gasteiger partial charge in [0.1, 0.15) is 11.6 Å². The predicted octanol–water partition coefficient (Wildman–Crippen LogP) is 2.17. The van der Waals surface area contributed by atoms with Crippen LogP contribution in [0, 0.1) is 5.92 Å². The Bertz CT molecular complexity index is 339. The molecule has 0 saturated carbocycles. The molecular formula is C11H19N3. The van der Waals surface area contributed by atoms with Crippen LogP contribution < -0.4 is 5.73 Å². The molecule has 0 bridgehead atoms. The standard InChI is InChI=1S/C11H19N3/c1-7(2)11-13-10(12)9-6-8(3)4-5-14(9)11/h7-8H,4-6,12H2,1-3H3. The molecule has 1 atom stereocenters. The fraction of sp³-hybridized carbons (Fsp3) is 0.727. The summed E-state index contributed by atoms with van der Waals surface area (Å²) in [4.78, 5) is 4.47. The quantitative estimate of drug-likeness (QED) is 0.742. The van der Waals surface area contributed by atoms with E-state index in [0.717, 1.165) is 30.5 Å². The van der Waals surface area contributed by atoms with Crippen molar-refractivity contribution in [3.8, 4) is 0 Å². The highest BCUT2D eigenvalue weighted by Gasteiger charge is 2.22. The van der Waals surface area contributed by atoms with E-state index in [-0.39, 0.29) is 0 Å². The minimum absolute atomic E-state index is 0.472. The van der Waals surface area contributed by atoms with Gasteiger partial charge in [0.15, 0.2) is 0 Å². The zero-order chi connectivity index (χ0) is 10.3. The van der Waals surface area contributed by atoms with Crippen LogP contribution in [0.5, 0.6) is 0 Å². The first-order valence-electron chi connectivity index (χ1n) is 5.44. The van der Waals surface area contributed by atoms with Crippen LogP contribution in [0.25, 0.3) is 0 Å². The molecular weight excluding hydrogens is 174 g/mol. The van der Waals surface area contributed by atoms with Gasteiger partial charge < -0.3 is 10.3 Å². The third-order valence-electron chi connectivity index (χ3n) is 3.04. The molecule has 1 aliphatic rings. The SMILES string of the molecule is CC1CCn2c(C(C)C)nc(N)c2C1. The van der Waals surface area contributed by atoms with Crippen molar-refractivity contribution in [2.24, 2.45) is 5.92 Å². The summed E-state index contributed by atoms with van der Waals surface area (Å²) in [5.41, 5.74) is 7.19. The average Bonchev–Trinajstić information content (AvgIpc) is 2.44. The normalized spacial score (nSPS) is 21.3. The summed E-state index contributed by atoms with van der Waals surface area (Å²) in [6.07, 6.45) is 2.34. The average molecular weight is 193 g/mol. The number of nitrogens with zero attached hydrogens (tertiary/aromatic N) is 2. The van der Waals surface area contributed by atoms with Crippen molar-refractivity contribution >= 4 is 5.82 Å². The number of imidazole rings is 1. The fourth-order valence-electron chi connectivity index (χ4n) is 2.21. The summed E-state index contributed by atoms with van der Waals surface area (Å²) in [7, 11) is 0. The van der Waals surface area contributed by atoms with E-state index < -0.39 is 0 Å². The molecule has 0 saturated heterocycles. The zero-order valence-electron chi connectivity index (χ0n) is 9.25. The van der Waals surface area contributed by atoms with E-state index in [1.807, 2.05) is 0 Å². The van der Waals surface area contributed by atoms with Gasteiger partial charge in [-0.3, -0.25) is 0 Å². The molecule has 0 spiro atoms. The Morgan fingerprint density at radius 2 is 2.21 bits per heavy atom. The Hall–Kier alpha value is -0.990. The van der Waals surface area contributed by atoms with Crippen molar-refractivity contribution in [3.05, 3.63) is 11.5 Å². The van der Waals surface area contributed by atoms with Crippen LogP contribution in [0.3, 0.4) is 0 Å². The topological polar surface area (TPSA) is 43.8 Å². The summed E-state index contributed by atoms with van der Waals surface area (Å²) < 4.78 is 2.32. The summed E-state index contributed by atoms with van der Waals surface area (Å²) in [6.45, 7) is 7.72. The van der Waals surface area contributed by atoms with Gasteiger partial charge in [-0.1, -0.05) is 20.8 Å². The lowest BCUT2D eigenvalue weighted by atomic mass is 9.98. The molecule has 3 nitrogen and oxygen atoms in total. The maximum Gasteiger partial charge on any atom is 0.145 e. The van der Waals surface area contributed by atoms with E-state index in [0.29, 0.717) is 5.92 Å². The molecule has 78 valence electrons. The number of hydrogen-bond acceptors (Lipinski definition) is 2. The number of nitrogen functional groups attached to an aromatic ring is 1. The second-order valence-electron chi connectivity index (χ2n) is 4.71. The van der Waals surface area contributed by atoms with Crippen molar-refractivity contribution in [3.63, 3.8) is 0 Å². The first-order valence-corrected chi connectivity index (χ1v) is 5.44. The Morgan fingerprint density at radius 1 is 1.50 bits per heavy atom. The summed E-state index contributed by atoms with van der Waals surface area (Å²) in [5.74, 6) is 3.13. The van der Waals surface area contributed by atoms with Crippen LogP contribution in [0.15, 0.2) is 0 Å². The summed E-state index contributed by atoms with van der Waals surface area (Å²) >= 11 is 0. The van der Waals surface area contributed by atoms with Gasteiger partial charge in [-0.15, -0.1) is 0 Å². The van der Waals surface area contributed by atoms with Crippen LogP contribution in [0.4, 0.5) is 5.82 Å². The lowest BCUT2D eigenvalue weighted by Crippen LogP contribution is -2.19. The molecule has 0 amide bonds. The number of rotatable bonds is 1. The monoisotopic (exact) mass is 193 g/mol. The lowest BCUT2D eigenvalue weighted by molar-refractivity contribution is 0.406. The highest BCUT2D eigenvalue weighted by atomic mass is 15.1. The van der Waals surface area contributed by atoms with E-state index >= 15 is 0 Å². The predicted molar refractivity (Wildman–Crippen MR) is 58.2 cm³/mol. The zero-order valence-corrected chi connectivity index (χ0v) is 9.25. The molecule has 2 heterocycles. The van der Waals surface area contributed by atoms with Gasteiger partial charge in [-0.2, -0.15) is 0 Å². The van der Waals surface area contributed by atoms with Gasteiger partial charge in [0.2, 0.25) is 0 Å². The van der Waals surface area contributed by atoms with Crippen molar-refractivity contribution in [2.45, 2.75) is 46.1 Å². The van der Waals surface area contributed by atoms with E-state index in [4.69, 9.17) is 5.73 Å². The Morgan fingerprint density at radius 3 is 2.86 bits per heavy atom. The fourth-order valence-corrected chi connectivity index (χ4v) is 2.21. The van der Waals surface area contributed by atoms with Crippen molar-refractivity contribution in [1.29, 1.82) is 0 Å². The smallest absolute Gasteiger partial charge is 0.145 e. The molecule has 2 rings (SSSR count). The van der Waals surface area contributed by atoms with Crippen molar-refractivity contribution < 1.29 is 0 Å². The van der Waals surface area contributed by atoms with E-state index in [1.54, 1.807) is 0 Å². The number of anilines is 1. The van der Waals surface area contributed by atoms with Gasteiger partial charge in [0.05, 0.1) is 5.69 Å². The second kappa shape index (κ2) is 3.30. The molecule has 1 unspecified atom stereocenters. The summed E-state index contributed by atoms with van der Waals surface area (Å²) in [5, 5.41) is 0.